The van der Waals surface area contributed by atoms with Gasteiger partial charge in [0.15, 0.2) is 0 Å². The van der Waals surface area contributed by atoms with Gasteiger partial charge in [-0.15, -0.1) is 0 Å². The summed E-state index contributed by atoms with van der Waals surface area (Å²) in [6.07, 6.45) is 0.946. The van der Waals surface area contributed by atoms with E-state index in [1.165, 1.54) is 0 Å². The van der Waals surface area contributed by atoms with Crippen molar-refractivity contribution < 1.29 is 0 Å². The smallest absolute Gasteiger partial charge is 0.0465 e. The van der Waals surface area contributed by atoms with Crippen molar-refractivity contribution in [1.29, 1.82) is 0 Å². The maximum Gasteiger partial charge on any atom is 0.0465 e. The molecule has 4 heteroatoms. The Labute approximate surface area is 101 Å². The van der Waals surface area contributed by atoms with Gasteiger partial charge in [-0.05, 0) is 32.0 Å². The topological polar surface area (TPSA) is 38.0 Å². The number of nitrogens with two attached hydrogens (primary N) is 1. The molecule has 1 rings (SSSR count). The van der Waals surface area contributed by atoms with Crippen molar-refractivity contribution in [2.24, 2.45) is 5.73 Å². The van der Waals surface area contributed by atoms with Crippen LogP contribution in [0.3, 0.4) is 0 Å². The van der Waals surface area contributed by atoms with E-state index in [0.29, 0.717) is 29.2 Å². The zero-order chi connectivity index (χ0) is 11.3. The lowest BCUT2D eigenvalue weighted by Gasteiger charge is -2.14. The second-order valence-electron chi connectivity index (χ2n) is 3.56. The van der Waals surface area contributed by atoms with Crippen LogP contribution in [0.2, 0.25) is 10.0 Å². The summed E-state index contributed by atoms with van der Waals surface area (Å²) >= 11 is 12.1. The molecule has 0 amide bonds. The van der Waals surface area contributed by atoms with Crippen LogP contribution in [0.25, 0.3) is 0 Å². The van der Waals surface area contributed by atoms with Crippen LogP contribution >= 0.6 is 23.2 Å². The lowest BCUT2D eigenvalue weighted by molar-refractivity contribution is 0.520. The highest BCUT2D eigenvalue weighted by Gasteiger charge is 2.06. The predicted octanol–water partition coefficient (Wildman–Crippen LogP) is 2.82. The standard InChI is InChI=1S/C11H16Cl2N2/c1-8(5-6-14)15-7-9-10(12)3-2-4-11(9)13/h2-4,8,15H,5-7,14H2,1H3. The van der Waals surface area contributed by atoms with Crippen molar-refractivity contribution in [1.82, 2.24) is 5.32 Å². The summed E-state index contributed by atoms with van der Waals surface area (Å²) in [5, 5.41) is 4.74. The number of hydrogen-bond donors (Lipinski definition) is 2. The van der Waals surface area contributed by atoms with E-state index in [1.807, 2.05) is 18.2 Å². The van der Waals surface area contributed by atoms with Crippen molar-refractivity contribution >= 4 is 23.2 Å². The summed E-state index contributed by atoms with van der Waals surface area (Å²) in [5.74, 6) is 0. The van der Waals surface area contributed by atoms with Crippen LogP contribution in [0.4, 0.5) is 0 Å². The summed E-state index contributed by atoms with van der Waals surface area (Å²) < 4.78 is 0. The van der Waals surface area contributed by atoms with Crippen molar-refractivity contribution in [3.05, 3.63) is 33.8 Å². The van der Waals surface area contributed by atoms with Crippen LogP contribution in [0, 0.1) is 0 Å². The van der Waals surface area contributed by atoms with Crippen LogP contribution in [0.15, 0.2) is 18.2 Å². The van der Waals surface area contributed by atoms with Crippen LogP contribution in [-0.2, 0) is 6.54 Å². The van der Waals surface area contributed by atoms with Crippen LogP contribution in [0.5, 0.6) is 0 Å². The molecule has 1 atom stereocenters. The monoisotopic (exact) mass is 246 g/mol. The number of nitrogens with one attached hydrogen (secondary N) is 1. The molecule has 0 aliphatic carbocycles. The van der Waals surface area contributed by atoms with Gasteiger partial charge in [-0.3, -0.25) is 0 Å². The molecule has 0 saturated heterocycles. The highest BCUT2D eigenvalue weighted by Crippen LogP contribution is 2.23. The Kier molecular flexibility index (Phi) is 5.40. The Balaban J connectivity index is 2.57. The van der Waals surface area contributed by atoms with Gasteiger partial charge in [0.25, 0.3) is 0 Å². The van der Waals surface area contributed by atoms with Crippen molar-refractivity contribution in [3.8, 4) is 0 Å². The number of halogens is 2. The molecule has 1 aromatic carbocycles. The van der Waals surface area contributed by atoms with Crippen LogP contribution < -0.4 is 11.1 Å². The van der Waals surface area contributed by atoms with Crippen molar-refractivity contribution in [2.75, 3.05) is 6.54 Å². The maximum absolute atomic E-state index is 6.04. The Morgan fingerprint density at radius 3 is 2.47 bits per heavy atom. The molecule has 0 radical (unpaired) electrons. The molecule has 0 saturated carbocycles. The SMILES string of the molecule is CC(CCN)NCc1c(Cl)cccc1Cl. The van der Waals surface area contributed by atoms with Gasteiger partial charge in [0.1, 0.15) is 0 Å². The summed E-state index contributed by atoms with van der Waals surface area (Å²) in [5.41, 5.74) is 6.41. The fourth-order valence-electron chi connectivity index (χ4n) is 1.33. The van der Waals surface area contributed by atoms with Gasteiger partial charge < -0.3 is 11.1 Å². The van der Waals surface area contributed by atoms with E-state index in [1.54, 1.807) is 0 Å². The Morgan fingerprint density at radius 1 is 1.33 bits per heavy atom. The average Bonchev–Trinajstić information content (AvgIpc) is 2.17. The molecule has 0 spiro atoms. The fraction of sp³-hybridized carbons (Fsp3) is 0.455. The number of rotatable bonds is 5. The molecule has 3 N–H and O–H groups in total. The van der Waals surface area contributed by atoms with Crippen LogP contribution in [0.1, 0.15) is 18.9 Å². The van der Waals surface area contributed by atoms with E-state index < -0.39 is 0 Å². The zero-order valence-corrected chi connectivity index (χ0v) is 10.3. The first kappa shape index (κ1) is 12.8. The molecule has 0 aliphatic heterocycles. The van der Waals surface area contributed by atoms with E-state index in [4.69, 9.17) is 28.9 Å². The average molecular weight is 247 g/mol. The van der Waals surface area contributed by atoms with E-state index >= 15 is 0 Å². The maximum atomic E-state index is 6.04. The first-order valence-electron chi connectivity index (χ1n) is 5.01. The number of hydrogen-bond acceptors (Lipinski definition) is 2. The minimum atomic E-state index is 0.377. The highest BCUT2D eigenvalue weighted by molar-refractivity contribution is 6.35. The van der Waals surface area contributed by atoms with Gasteiger partial charge in [0.2, 0.25) is 0 Å². The first-order valence-corrected chi connectivity index (χ1v) is 5.77. The minimum Gasteiger partial charge on any atom is -0.330 e. The fourth-order valence-corrected chi connectivity index (χ4v) is 1.86. The molecule has 0 bridgehead atoms. The summed E-state index contributed by atoms with van der Waals surface area (Å²) in [6, 6.07) is 5.91. The largest absolute Gasteiger partial charge is 0.330 e. The second kappa shape index (κ2) is 6.33. The van der Waals surface area contributed by atoms with Crippen molar-refractivity contribution in [2.45, 2.75) is 25.9 Å². The third-order valence-electron chi connectivity index (χ3n) is 2.29. The third-order valence-corrected chi connectivity index (χ3v) is 3.00. The molecule has 0 fully saturated rings. The normalized spacial score (nSPS) is 12.8. The molecular formula is C11H16Cl2N2. The van der Waals surface area contributed by atoms with Gasteiger partial charge in [0, 0.05) is 28.2 Å². The van der Waals surface area contributed by atoms with Gasteiger partial charge in [-0.2, -0.15) is 0 Å². The van der Waals surface area contributed by atoms with Gasteiger partial charge >= 0.3 is 0 Å². The molecule has 84 valence electrons. The molecule has 2 nitrogen and oxygen atoms in total. The van der Waals surface area contributed by atoms with E-state index in [-0.39, 0.29) is 0 Å². The third kappa shape index (κ3) is 3.99. The first-order chi connectivity index (χ1) is 7.15. The van der Waals surface area contributed by atoms with Gasteiger partial charge in [0.05, 0.1) is 0 Å². The van der Waals surface area contributed by atoms with Crippen molar-refractivity contribution in [3.63, 3.8) is 0 Å². The molecule has 1 aromatic rings. The molecule has 0 aliphatic rings. The predicted molar refractivity (Wildman–Crippen MR) is 66.4 cm³/mol. The zero-order valence-electron chi connectivity index (χ0n) is 8.76. The van der Waals surface area contributed by atoms with E-state index in [0.717, 1.165) is 12.0 Å². The summed E-state index contributed by atoms with van der Waals surface area (Å²) in [4.78, 5) is 0. The van der Waals surface area contributed by atoms with E-state index in [9.17, 15) is 0 Å². The second-order valence-corrected chi connectivity index (χ2v) is 4.37. The van der Waals surface area contributed by atoms with Gasteiger partial charge in [-0.25, -0.2) is 0 Å². The highest BCUT2D eigenvalue weighted by atomic mass is 35.5. The summed E-state index contributed by atoms with van der Waals surface area (Å²) in [7, 11) is 0. The molecule has 0 aromatic heterocycles. The van der Waals surface area contributed by atoms with Crippen LogP contribution in [-0.4, -0.2) is 12.6 Å². The molecule has 1 unspecified atom stereocenters. The lowest BCUT2D eigenvalue weighted by atomic mass is 10.2. The molecule has 15 heavy (non-hydrogen) atoms. The minimum absolute atomic E-state index is 0.377. The Hall–Kier alpha value is -0.280. The van der Waals surface area contributed by atoms with E-state index in [2.05, 4.69) is 12.2 Å². The van der Waals surface area contributed by atoms with Gasteiger partial charge in [-0.1, -0.05) is 29.3 Å². The Bertz CT molecular complexity index is 295. The quantitative estimate of drug-likeness (QED) is 0.839. The number of benzene rings is 1. The molecule has 0 heterocycles. The summed E-state index contributed by atoms with van der Waals surface area (Å²) in [6.45, 7) is 3.46. The Morgan fingerprint density at radius 2 is 1.93 bits per heavy atom. The lowest BCUT2D eigenvalue weighted by Crippen LogP contribution is -2.28. The molecular weight excluding hydrogens is 231 g/mol.